The number of nitroso groups, excluding NO2 is 1. The first-order valence-corrected chi connectivity index (χ1v) is 14.7. The highest BCUT2D eigenvalue weighted by molar-refractivity contribution is 7.12. The van der Waals surface area contributed by atoms with Crippen LogP contribution in [-0.4, -0.2) is 43.9 Å². The number of rotatable bonds is 4. The first-order chi connectivity index (χ1) is 20.0. The van der Waals surface area contributed by atoms with E-state index in [9.17, 15) is 14.5 Å². The second-order valence-electron chi connectivity index (χ2n) is 10.5. The molecule has 2 unspecified atom stereocenters. The summed E-state index contributed by atoms with van der Waals surface area (Å²) in [6.07, 6.45) is 12.3. The van der Waals surface area contributed by atoms with Gasteiger partial charge in [0.25, 0.3) is 5.91 Å². The fraction of sp³-hybridized carbons (Fsp3) is 0.290. The lowest BCUT2D eigenvalue weighted by molar-refractivity contribution is -0.123. The Bertz CT molecular complexity index is 1810. The number of nitrogens with zero attached hydrogens (tertiary/aromatic N) is 5. The van der Waals surface area contributed by atoms with E-state index in [2.05, 4.69) is 46.7 Å². The van der Waals surface area contributed by atoms with Crippen LogP contribution in [0.3, 0.4) is 0 Å². The van der Waals surface area contributed by atoms with Gasteiger partial charge < -0.3 is 10.6 Å². The average Bonchev–Trinajstić information content (AvgIpc) is 3.70. The molecule has 1 fully saturated rings. The molecule has 2 N–H and O–H groups in total. The molecule has 1 aliphatic heterocycles. The van der Waals surface area contributed by atoms with Crippen molar-refractivity contribution < 1.29 is 9.59 Å². The molecule has 208 valence electrons. The maximum absolute atomic E-state index is 13.4. The second-order valence-corrected chi connectivity index (χ2v) is 11.5. The van der Waals surface area contributed by atoms with Gasteiger partial charge in [-0.2, -0.15) is 9.61 Å². The third kappa shape index (κ3) is 4.99. The maximum Gasteiger partial charge on any atom is 0.308 e. The van der Waals surface area contributed by atoms with Gasteiger partial charge in [-0.3, -0.25) is 9.59 Å². The Kier molecular flexibility index (Phi) is 7.32. The molecule has 2 aliphatic rings. The van der Waals surface area contributed by atoms with Gasteiger partial charge in [0.2, 0.25) is 0 Å². The summed E-state index contributed by atoms with van der Waals surface area (Å²) < 4.78 is 1.67. The molecule has 0 bridgehead atoms. The number of thiophene rings is 1. The number of nitrogens with two attached hydrogens (primary N) is 1. The van der Waals surface area contributed by atoms with Crippen molar-refractivity contribution in [1.29, 1.82) is 0 Å². The van der Waals surface area contributed by atoms with Crippen LogP contribution >= 0.6 is 11.3 Å². The first-order valence-electron chi connectivity index (χ1n) is 13.8. The molecule has 0 radical (unpaired) electrons. The Labute approximate surface area is 240 Å². The molecule has 10 heteroatoms. The first kappa shape index (κ1) is 26.8. The minimum absolute atomic E-state index is 0.182. The number of aromatic nitrogens is 3. The van der Waals surface area contributed by atoms with Crippen LogP contribution in [0.4, 0.5) is 5.82 Å². The number of benzene rings is 1. The zero-order chi connectivity index (χ0) is 28.5. The summed E-state index contributed by atoms with van der Waals surface area (Å²) in [6.45, 7) is 2.14. The van der Waals surface area contributed by atoms with E-state index in [1.165, 1.54) is 21.5 Å². The Balaban J connectivity index is 1.43. The lowest BCUT2D eigenvalue weighted by Gasteiger charge is -2.37. The molecule has 1 saturated heterocycles. The monoisotopic (exact) mass is 566 g/mol. The van der Waals surface area contributed by atoms with Crippen LogP contribution in [0.5, 0.6) is 0 Å². The minimum atomic E-state index is -0.888. The van der Waals surface area contributed by atoms with Gasteiger partial charge >= 0.3 is 5.91 Å². The van der Waals surface area contributed by atoms with Crippen LogP contribution in [0.25, 0.3) is 23.4 Å². The van der Waals surface area contributed by atoms with Gasteiger partial charge in [0.15, 0.2) is 5.65 Å². The number of allylic oxidation sites excluding steroid dienone is 2. The Morgan fingerprint density at radius 3 is 2.66 bits per heavy atom. The number of fused-ring (bicyclic) bond motifs is 2. The van der Waals surface area contributed by atoms with Gasteiger partial charge in [-0.1, -0.05) is 42.5 Å². The van der Waals surface area contributed by atoms with E-state index in [1.807, 2.05) is 24.6 Å². The molecule has 41 heavy (non-hydrogen) atoms. The molecule has 3 aromatic heterocycles. The van der Waals surface area contributed by atoms with Crippen LogP contribution < -0.4 is 16.2 Å². The lowest BCUT2D eigenvalue weighted by atomic mass is 9.87. The summed E-state index contributed by atoms with van der Waals surface area (Å²) >= 11 is 1.30. The third-order valence-corrected chi connectivity index (χ3v) is 8.92. The Morgan fingerprint density at radius 2 is 1.88 bits per heavy atom. The fourth-order valence-electron chi connectivity index (χ4n) is 5.87. The predicted molar refractivity (Wildman–Crippen MR) is 161 cm³/mol. The van der Waals surface area contributed by atoms with Gasteiger partial charge in [0, 0.05) is 28.8 Å². The molecule has 4 aromatic rings. The number of amides is 2. The number of nitrogen functional groups attached to an aromatic ring is 1. The molecule has 0 spiro atoms. The minimum Gasteiger partial charge on any atom is -0.383 e. The molecule has 9 nitrogen and oxygen atoms in total. The molecule has 1 aliphatic carbocycles. The second kappa shape index (κ2) is 11.2. The van der Waals surface area contributed by atoms with Crippen molar-refractivity contribution in [2.75, 3.05) is 12.3 Å². The number of hydrogen-bond acceptors (Lipinski definition) is 7. The number of likely N-dealkylation sites (tertiary alicyclic amines) is 1. The van der Waals surface area contributed by atoms with Gasteiger partial charge in [0.1, 0.15) is 11.9 Å². The molecule has 4 heterocycles. The molecule has 2 atom stereocenters. The topological polar surface area (TPSA) is 123 Å². The number of carbonyl (C=O) groups excluding carboxylic acids is 2. The number of hydrogen-bond donors (Lipinski definition) is 1. The summed E-state index contributed by atoms with van der Waals surface area (Å²) in [6, 6.07) is 11.0. The smallest absolute Gasteiger partial charge is 0.308 e. The zero-order valence-electron chi connectivity index (χ0n) is 22.7. The molecule has 6 rings (SSSR count). The standard InChI is InChI=1S/C31H30N6O3S/c1-19-27(23-13-14-25(30(38)35-40)36(18-23)31(39)26-12-7-15-41-26)34-29-24(17-33-37(29)28(19)32)22-11-4-2-3-8-20-9-5-6-10-21(20)16-22/h5-12,15-17,23,25H,2-4,13-14,18,32H2,1H3. The Hall–Kier alpha value is -4.44. The molecule has 2 amide bonds. The SMILES string of the molecule is Cc1c(C2CCC(C(=O)N=O)N(C(=O)c3cccs3)C2)nc2c(C3=CCCCC=c4ccccc4=C3)cnn2c1N. The van der Waals surface area contributed by atoms with Crippen molar-refractivity contribution in [1.82, 2.24) is 19.5 Å². The maximum atomic E-state index is 13.4. The summed E-state index contributed by atoms with van der Waals surface area (Å²) in [7, 11) is 0. The van der Waals surface area contributed by atoms with Crippen molar-refractivity contribution in [2.45, 2.75) is 51.0 Å². The molecule has 1 aromatic carbocycles. The lowest BCUT2D eigenvalue weighted by Crippen LogP contribution is -2.49. The molecular formula is C31H30N6O3S. The highest BCUT2D eigenvalue weighted by atomic mass is 32.1. The van der Waals surface area contributed by atoms with Gasteiger partial charge in [-0.15, -0.1) is 16.2 Å². The largest absolute Gasteiger partial charge is 0.383 e. The van der Waals surface area contributed by atoms with E-state index in [-0.39, 0.29) is 18.4 Å². The molecule has 0 saturated carbocycles. The van der Waals surface area contributed by atoms with Crippen molar-refractivity contribution in [3.8, 4) is 0 Å². The summed E-state index contributed by atoms with van der Waals surface area (Å²) in [4.78, 5) is 44.1. The fourth-order valence-corrected chi connectivity index (χ4v) is 6.55. The van der Waals surface area contributed by atoms with Gasteiger partial charge in [-0.25, -0.2) is 4.98 Å². The summed E-state index contributed by atoms with van der Waals surface area (Å²) in [5, 5.41) is 11.4. The van der Waals surface area contributed by atoms with E-state index in [4.69, 9.17) is 10.7 Å². The van der Waals surface area contributed by atoms with E-state index >= 15 is 0 Å². The number of piperidine rings is 1. The van der Waals surface area contributed by atoms with Crippen LogP contribution in [-0.2, 0) is 4.79 Å². The van der Waals surface area contributed by atoms with E-state index in [0.717, 1.165) is 46.9 Å². The van der Waals surface area contributed by atoms with Crippen LogP contribution in [0, 0.1) is 11.8 Å². The normalized spacial score (nSPS) is 19.1. The number of carbonyl (C=O) groups is 2. The van der Waals surface area contributed by atoms with Crippen molar-refractivity contribution in [3.05, 3.63) is 91.1 Å². The summed E-state index contributed by atoms with van der Waals surface area (Å²) in [5.74, 6) is -0.813. The van der Waals surface area contributed by atoms with Gasteiger partial charge in [0.05, 0.1) is 16.8 Å². The molecular weight excluding hydrogens is 536 g/mol. The quantitative estimate of drug-likeness (QED) is 0.370. The zero-order valence-corrected chi connectivity index (χ0v) is 23.5. The van der Waals surface area contributed by atoms with Crippen LogP contribution in [0.1, 0.15) is 64.5 Å². The van der Waals surface area contributed by atoms with Crippen LogP contribution in [0.2, 0.25) is 0 Å². The highest BCUT2D eigenvalue weighted by Crippen LogP contribution is 2.35. The van der Waals surface area contributed by atoms with E-state index < -0.39 is 11.9 Å². The van der Waals surface area contributed by atoms with Crippen molar-refractivity contribution >= 4 is 52.3 Å². The average molecular weight is 567 g/mol. The van der Waals surface area contributed by atoms with E-state index in [0.29, 0.717) is 29.2 Å². The number of anilines is 1. The van der Waals surface area contributed by atoms with Crippen LogP contribution in [0.15, 0.2) is 59.2 Å². The van der Waals surface area contributed by atoms with Gasteiger partial charge in [-0.05, 0) is 72.6 Å². The van der Waals surface area contributed by atoms with Crippen molar-refractivity contribution in [2.24, 2.45) is 5.18 Å². The Morgan fingerprint density at radius 1 is 1.07 bits per heavy atom. The van der Waals surface area contributed by atoms with E-state index in [1.54, 1.807) is 16.6 Å². The third-order valence-electron chi connectivity index (χ3n) is 8.06. The summed E-state index contributed by atoms with van der Waals surface area (Å²) in [5.41, 5.74) is 10.7. The van der Waals surface area contributed by atoms with Crippen molar-refractivity contribution in [3.63, 3.8) is 0 Å². The predicted octanol–water partition coefficient (Wildman–Crippen LogP) is 4.19. The highest BCUT2D eigenvalue weighted by Gasteiger charge is 2.39.